The number of carbonyl (C=O) groups is 1. The van der Waals surface area contributed by atoms with E-state index in [2.05, 4.69) is 9.97 Å². The highest BCUT2D eigenvalue weighted by molar-refractivity contribution is 5.95. The van der Waals surface area contributed by atoms with Crippen LogP contribution in [-0.2, 0) is 0 Å². The van der Waals surface area contributed by atoms with Gasteiger partial charge in [0.15, 0.2) is 0 Å². The van der Waals surface area contributed by atoms with Crippen molar-refractivity contribution in [3.63, 3.8) is 0 Å². The van der Waals surface area contributed by atoms with Crippen molar-refractivity contribution in [2.75, 3.05) is 0 Å². The van der Waals surface area contributed by atoms with Crippen LogP contribution in [0.4, 0.5) is 0 Å². The lowest BCUT2D eigenvalue weighted by molar-refractivity contribution is 0.0696. The van der Waals surface area contributed by atoms with Crippen LogP contribution in [0.25, 0.3) is 11.3 Å². The molecule has 4 heteroatoms. The predicted octanol–water partition coefficient (Wildman–Crippen LogP) is 2.46. The Balaban J connectivity index is 2.63. The summed E-state index contributed by atoms with van der Waals surface area (Å²) < 4.78 is 0. The fourth-order valence-electron chi connectivity index (χ4n) is 1.66. The zero-order valence-corrected chi connectivity index (χ0v) is 9.64. The second-order valence-electron chi connectivity index (χ2n) is 3.85. The molecule has 1 aromatic heterocycles. The Morgan fingerprint density at radius 3 is 2.35 bits per heavy atom. The minimum Gasteiger partial charge on any atom is -0.478 e. The third kappa shape index (κ3) is 2.15. The van der Waals surface area contributed by atoms with Crippen LogP contribution in [0.1, 0.15) is 21.6 Å². The van der Waals surface area contributed by atoms with E-state index < -0.39 is 5.97 Å². The monoisotopic (exact) mass is 228 g/mol. The van der Waals surface area contributed by atoms with Gasteiger partial charge in [-0.1, -0.05) is 29.8 Å². The van der Waals surface area contributed by atoms with Crippen molar-refractivity contribution in [1.82, 2.24) is 9.97 Å². The lowest BCUT2D eigenvalue weighted by atomic mass is 10.0. The van der Waals surface area contributed by atoms with Crippen molar-refractivity contribution in [1.29, 1.82) is 0 Å². The Kier molecular flexibility index (Phi) is 2.87. The van der Waals surface area contributed by atoms with Gasteiger partial charge >= 0.3 is 5.97 Å². The van der Waals surface area contributed by atoms with Gasteiger partial charge in [-0.15, -0.1) is 0 Å². The van der Waals surface area contributed by atoms with Gasteiger partial charge < -0.3 is 5.11 Å². The molecule has 0 aliphatic rings. The van der Waals surface area contributed by atoms with E-state index in [-0.39, 0.29) is 5.56 Å². The molecule has 0 radical (unpaired) electrons. The molecule has 0 saturated carbocycles. The average Bonchev–Trinajstić information content (AvgIpc) is 2.29. The zero-order chi connectivity index (χ0) is 12.4. The molecule has 1 aromatic carbocycles. The summed E-state index contributed by atoms with van der Waals surface area (Å²) in [6, 6.07) is 7.59. The van der Waals surface area contributed by atoms with Crippen molar-refractivity contribution in [3.05, 3.63) is 47.4 Å². The topological polar surface area (TPSA) is 63.1 Å². The van der Waals surface area contributed by atoms with Gasteiger partial charge in [0.05, 0.1) is 11.4 Å². The molecule has 0 bridgehead atoms. The number of nitrogens with zero attached hydrogens (tertiary/aromatic N) is 2. The van der Waals surface area contributed by atoms with E-state index in [4.69, 9.17) is 0 Å². The third-order valence-corrected chi connectivity index (χ3v) is 2.58. The summed E-state index contributed by atoms with van der Waals surface area (Å²) in [5.74, 6) is -1.00. The van der Waals surface area contributed by atoms with Crippen molar-refractivity contribution >= 4 is 5.97 Å². The van der Waals surface area contributed by atoms with Gasteiger partial charge in [0.2, 0.25) is 0 Å². The molecule has 0 atom stereocenters. The minimum atomic E-state index is -1.00. The highest BCUT2D eigenvalue weighted by Gasteiger charge is 2.16. The number of carboxylic acid groups (broad SMARTS) is 1. The van der Waals surface area contributed by atoms with Crippen LogP contribution in [0.2, 0.25) is 0 Å². The van der Waals surface area contributed by atoms with Gasteiger partial charge in [-0.25, -0.2) is 14.8 Å². The highest BCUT2D eigenvalue weighted by atomic mass is 16.4. The summed E-state index contributed by atoms with van der Waals surface area (Å²) in [6.45, 7) is 3.65. The van der Waals surface area contributed by atoms with Gasteiger partial charge in [0.1, 0.15) is 11.9 Å². The van der Waals surface area contributed by atoms with Crippen LogP contribution >= 0.6 is 0 Å². The maximum atomic E-state index is 11.2. The molecule has 0 aliphatic heterocycles. The lowest BCUT2D eigenvalue weighted by Crippen LogP contribution is -2.06. The van der Waals surface area contributed by atoms with Gasteiger partial charge in [-0.2, -0.15) is 0 Å². The Bertz CT molecular complexity index is 562. The number of benzene rings is 1. The Morgan fingerprint density at radius 1 is 1.12 bits per heavy atom. The molecule has 0 amide bonds. The first kappa shape index (κ1) is 11.3. The molecule has 4 nitrogen and oxygen atoms in total. The summed E-state index contributed by atoms with van der Waals surface area (Å²) in [6.07, 6.45) is 1.39. The summed E-state index contributed by atoms with van der Waals surface area (Å²) in [5, 5.41) is 9.18. The van der Waals surface area contributed by atoms with E-state index in [1.54, 1.807) is 6.92 Å². The predicted molar refractivity (Wildman–Crippen MR) is 63.9 cm³/mol. The zero-order valence-electron chi connectivity index (χ0n) is 9.64. The maximum Gasteiger partial charge on any atom is 0.339 e. The third-order valence-electron chi connectivity index (χ3n) is 2.58. The Labute approximate surface area is 99.0 Å². The molecule has 0 unspecified atom stereocenters. The van der Waals surface area contributed by atoms with Crippen molar-refractivity contribution in [2.45, 2.75) is 13.8 Å². The van der Waals surface area contributed by atoms with E-state index >= 15 is 0 Å². The van der Waals surface area contributed by atoms with Crippen LogP contribution in [0.15, 0.2) is 30.6 Å². The first-order chi connectivity index (χ1) is 8.09. The van der Waals surface area contributed by atoms with Crippen LogP contribution < -0.4 is 0 Å². The van der Waals surface area contributed by atoms with Crippen LogP contribution in [0.3, 0.4) is 0 Å². The Morgan fingerprint density at radius 2 is 1.76 bits per heavy atom. The second-order valence-corrected chi connectivity index (χ2v) is 3.85. The number of carboxylic acids is 1. The molecule has 0 fully saturated rings. The number of aromatic nitrogens is 2. The maximum absolute atomic E-state index is 11.2. The van der Waals surface area contributed by atoms with Crippen molar-refractivity contribution in [3.8, 4) is 11.3 Å². The number of aryl methyl sites for hydroxylation is 2. The highest BCUT2D eigenvalue weighted by Crippen LogP contribution is 2.22. The van der Waals surface area contributed by atoms with Gasteiger partial charge in [-0.05, 0) is 13.8 Å². The lowest BCUT2D eigenvalue weighted by Gasteiger charge is -2.07. The van der Waals surface area contributed by atoms with Crippen LogP contribution in [0, 0.1) is 13.8 Å². The van der Waals surface area contributed by atoms with Crippen LogP contribution in [-0.4, -0.2) is 21.0 Å². The van der Waals surface area contributed by atoms with Crippen molar-refractivity contribution < 1.29 is 9.90 Å². The molecule has 0 spiro atoms. The summed E-state index contributed by atoms with van der Waals surface area (Å²) in [7, 11) is 0. The molecule has 1 heterocycles. The largest absolute Gasteiger partial charge is 0.478 e. The van der Waals surface area contributed by atoms with E-state index in [1.807, 2.05) is 31.2 Å². The molecule has 0 aliphatic carbocycles. The van der Waals surface area contributed by atoms with Crippen molar-refractivity contribution in [2.24, 2.45) is 0 Å². The SMILES string of the molecule is Cc1ccc(-c2ncnc(C)c2C(=O)O)cc1. The van der Waals surface area contributed by atoms with Gasteiger partial charge in [0, 0.05) is 5.56 Å². The summed E-state index contributed by atoms with van der Waals surface area (Å²) >= 11 is 0. The molecule has 1 N–H and O–H groups in total. The number of hydrogen-bond donors (Lipinski definition) is 1. The minimum absolute atomic E-state index is 0.163. The molecule has 2 rings (SSSR count). The Hall–Kier alpha value is -2.23. The second kappa shape index (κ2) is 4.33. The standard InChI is InChI=1S/C13H12N2O2/c1-8-3-5-10(6-4-8)12-11(13(16)17)9(2)14-7-15-12/h3-7H,1-2H3,(H,16,17). The molecule has 0 saturated heterocycles. The molecule has 86 valence electrons. The van der Waals surface area contributed by atoms with E-state index in [0.29, 0.717) is 11.4 Å². The molecule has 17 heavy (non-hydrogen) atoms. The molecular weight excluding hydrogens is 216 g/mol. The summed E-state index contributed by atoms with van der Waals surface area (Å²) in [4.78, 5) is 19.2. The molecular formula is C13H12N2O2. The van der Waals surface area contributed by atoms with E-state index in [0.717, 1.165) is 11.1 Å². The summed E-state index contributed by atoms with van der Waals surface area (Å²) in [5.41, 5.74) is 3.01. The first-order valence-corrected chi connectivity index (χ1v) is 5.21. The van der Waals surface area contributed by atoms with Crippen LogP contribution in [0.5, 0.6) is 0 Å². The van der Waals surface area contributed by atoms with E-state index in [9.17, 15) is 9.90 Å². The number of aromatic carboxylic acids is 1. The number of hydrogen-bond acceptors (Lipinski definition) is 3. The smallest absolute Gasteiger partial charge is 0.339 e. The quantitative estimate of drug-likeness (QED) is 0.857. The molecule has 2 aromatic rings. The first-order valence-electron chi connectivity index (χ1n) is 5.21. The van der Waals surface area contributed by atoms with Gasteiger partial charge in [-0.3, -0.25) is 0 Å². The fraction of sp³-hybridized carbons (Fsp3) is 0.154. The fourth-order valence-corrected chi connectivity index (χ4v) is 1.66. The normalized spacial score (nSPS) is 10.2. The average molecular weight is 228 g/mol. The number of rotatable bonds is 2. The van der Waals surface area contributed by atoms with Gasteiger partial charge in [0.25, 0.3) is 0 Å². The van der Waals surface area contributed by atoms with E-state index in [1.165, 1.54) is 6.33 Å².